The zero-order chi connectivity index (χ0) is 15.9. The molecule has 2 aromatic carbocycles. The van der Waals surface area contributed by atoms with Crippen LogP contribution in [-0.2, 0) is 0 Å². The van der Waals surface area contributed by atoms with Crippen LogP contribution in [0.2, 0.25) is 0 Å². The van der Waals surface area contributed by atoms with Crippen LogP contribution in [-0.4, -0.2) is 17.9 Å². The zero-order valence-corrected chi connectivity index (χ0v) is 13.0. The number of nitrogens with zero attached hydrogens (tertiary/aromatic N) is 1. The lowest BCUT2D eigenvalue weighted by Crippen LogP contribution is -1.93. The van der Waals surface area contributed by atoms with Crippen LogP contribution < -0.4 is 4.74 Å². The molecule has 2 aromatic rings. The highest BCUT2D eigenvalue weighted by Gasteiger charge is 2.02. The van der Waals surface area contributed by atoms with Crippen molar-refractivity contribution in [1.82, 2.24) is 0 Å². The SMILES string of the molecule is C=CCOc1ccc(C=Nc2ccc(C(C)C)cc2)c(O)c1. The first kappa shape index (κ1) is 15.8. The second-order valence-electron chi connectivity index (χ2n) is 5.32. The summed E-state index contributed by atoms with van der Waals surface area (Å²) in [5, 5.41) is 9.99. The normalized spacial score (nSPS) is 11.0. The maximum Gasteiger partial charge on any atom is 0.128 e. The van der Waals surface area contributed by atoms with E-state index >= 15 is 0 Å². The summed E-state index contributed by atoms with van der Waals surface area (Å²) >= 11 is 0. The molecule has 0 aliphatic heterocycles. The summed E-state index contributed by atoms with van der Waals surface area (Å²) in [6, 6.07) is 13.3. The Labute approximate surface area is 131 Å². The Kier molecular flexibility index (Phi) is 5.37. The van der Waals surface area contributed by atoms with Crippen LogP contribution in [0.25, 0.3) is 0 Å². The molecule has 0 amide bonds. The van der Waals surface area contributed by atoms with Crippen molar-refractivity contribution < 1.29 is 9.84 Å². The molecule has 0 atom stereocenters. The molecule has 0 spiro atoms. The first-order chi connectivity index (χ1) is 10.6. The van der Waals surface area contributed by atoms with Crippen molar-refractivity contribution in [3.8, 4) is 11.5 Å². The van der Waals surface area contributed by atoms with E-state index in [1.165, 1.54) is 5.56 Å². The van der Waals surface area contributed by atoms with E-state index < -0.39 is 0 Å². The standard InChI is InChI=1S/C19H21NO2/c1-4-11-22-18-10-7-16(19(21)12-18)13-20-17-8-5-15(6-9-17)14(2)3/h4-10,12-14,21H,1,11H2,2-3H3. The predicted molar refractivity (Wildman–Crippen MR) is 91.6 cm³/mol. The van der Waals surface area contributed by atoms with Gasteiger partial charge in [0, 0.05) is 17.8 Å². The van der Waals surface area contributed by atoms with Crippen molar-refractivity contribution in [1.29, 1.82) is 0 Å². The highest BCUT2D eigenvalue weighted by molar-refractivity contribution is 5.85. The average molecular weight is 295 g/mol. The molecule has 0 aromatic heterocycles. The Hall–Kier alpha value is -2.55. The minimum atomic E-state index is 0.143. The van der Waals surface area contributed by atoms with Crippen molar-refractivity contribution in [2.24, 2.45) is 4.99 Å². The fourth-order valence-corrected chi connectivity index (χ4v) is 1.97. The number of benzene rings is 2. The molecule has 0 bridgehead atoms. The van der Waals surface area contributed by atoms with E-state index in [9.17, 15) is 5.11 Å². The Morgan fingerprint density at radius 2 is 1.91 bits per heavy atom. The van der Waals surface area contributed by atoms with Gasteiger partial charge in [-0.05, 0) is 35.7 Å². The van der Waals surface area contributed by atoms with Crippen LogP contribution in [0.1, 0.15) is 30.9 Å². The molecule has 0 saturated carbocycles. The van der Waals surface area contributed by atoms with Gasteiger partial charge in [-0.3, -0.25) is 4.99 Å². The lowest BCUT2D eigenvalue weighted by atomic mass is 10.0. The van der Waals surface area contributed by atoms with Gasteiger partial charge in [0.2, 0.25) is 0 Å². The van der Waals surface area contributed by atoms with E-state index in [4.69, 9.17) is 4.74 Å². The van der Waals surface area contributed by atoms with Crippen molar-refractivity contribution >= 4 is 11.9 Å². The number of phenolic OH excluding ortho intramolecular Hbond substituents is 1. The summed E-state index contributed by atoms with van der Waals surface area (Å²) in [6.07, 6.45) is 3.31. The Balaban J connectivity index is 2.10. The van der Waals surface area contributed by atoms with Crippen LogP contribution in [0.4, 0.5) is 5.69 Å². The monoisotopic (exact) mass is 295 g/mol. The lowest BCUT2D eigenvalue weighted by Gasteiger charge is -2.06. The Bertz CT molecular complexity index is 658. The number of hydrogen-bond donors (Lipinski definition) is 1. The van der Waals surface area contributed by atoms with E-state index in [1.54, 1.807) is 30.5 Å². The van der Waals surface area contributed by atoms with Gasteiger partial charge in [-0.1, -0.05) is 38.6 Å². The molecule has 2 rings (SSSR count). The molecule has 0 aliphatic carbocycles. The molecule has 3 nitrogen and oxygen atoms in total. The molecule has 0 unspecified atom stereocenters. The maximum atomic E-state index is 9.99. The summed E-state index contributed by atoms with van der Waals surface area (Å²) in [6.45, 7) is 8.32. The third-order valence-corrected chi connectivity index (χ3v) is 3.28. The summed E-state index contributed by atoms with van der Waals surface area (Å²) < 4.78 is 5.37. The summed E-state index contributed by atoms with van der Waals surface area (Å²) in [5.74, 6) is 1.25. The maximum absolute atomic E-state index is 9.99. The van der Waals surface area contributed by atoms with Gasteiger partial charge < -0.3 is 9.84 Å². The summed E-state index contributed by atoms with van der Waals surface area (Å²) in [4.78, 5) is 4.39. The fraction of sp³-hybridized carbons (Fsp3) is 0.211. The fourth-order valence-electron chi connectivity index (χ4n) is 1.97. The van der Waals surface area contributed by atoms with Crippen LogP contribution in [0, 0.1) is 0 Å². The first-order valence-corrected chi connectivity index (χ1v) is 7.31. The van der Waals surface area contributed by atoms with Gasteiger partial charge in [0.25, 0.3) is 0 Å². The minimum absolute atomic E-state index is 0.143. The second kappa shape index (κ2) is 7.46. The van der Waals surface area contributed by atoms with E-state index in [-0.39, 0.29) is 5.75 Å². The Morgan fingerprint density at radius 1 is 1.18 bits per heavy atom. The molecule has 0 radical (unpaired) electrons. The third kappa shape index (κ3) is 4.22. The van der Waals surface area contributed by atoms with Crippen LogP contribution in [0.15, 0.2) is 60.1 Å². The van der Waals surface area contributed by atoms with Crippen molar-refractivity contribution in [3.63, 3.8) is 0 Å². The molecule has 0 heterocycles. The number of hydrogen-bond acceptors (Lipinski definition) is 3. The molecule has 22 heavy (non-hydrogen) atoms. The smallest absolute Gasteiger partial charge is 0.128 e. The van der Waals surface area contributed by atoms with Crippen molar-refractivity contribution in [2.75, 3.05) is 6.61 Å². The molecular formula is C19H21NO2. The molecule has 0 fully saturated rings. The summed E-state index contributed by atoms with van der Waals surface area (Å²) in [7, 11) is 0. The van der Waals surface area contributed by atoms with Gasteiger partial charge in [-0.15, -0.1) is 0 Å². The second-order valence-corrected chi connectivity index (χ2v) is 5.32. The zero-order valence-electron chi connectivity index (χ0n) is 13.0. The average Bonchev–Trinajstić information content (AvgIpc) is 2.52. The lowest BCUT2D eigenvalue weighted by molar-refractivity contribution is 0.360. The van der Waals surface area contributed by atoms with Crippen LogP contribution >= 0.6 is 0 Å². The van der Waals surface area contributed by atoms with Gasteiger partial charge in [-0.2, -0.15) is 0 Å². The number of ether oxygens (including phenoxy) is 1. The van der Waals surface area contributed by atoms with Gasteiger partial charge >= 0.3 is 0 Å². The van der Waals surface area contributed by atoms with Gasteiger partial charge in [-0.25, -0.2) is 0 Å². The topological polar surface area (TPSA) is 41.8 Å². The quantitative estimate of drug-likeness (QED) is 0.612. The number of aromatic hydroxyl groups is 1. The number of phenols is 1. The van der Waals surface area contributed by atoms with Crippen LogP contribution in [0.3, 0.4) is 0 Å². The van der Waals surface area contributed by atoms with Gasteiger partial charge in [0.15, 0.2) is 0 Å². The molecule has 1 N–H and O–H groups in total. The predicted octanol–water partition coefficient (Wildman–Crippen LogP) is 4.83. The first-order valence-electron chi connectivity index (χ1n) is 7.31. The molecule has 3 heteroatoms. The molecule has 114 valence electrons. The number of aliphatic imine (C=N–C) groups is 1. The summed E-state index contributed by atoms with van der Waals surface area (Å²) in [5.41, 5.74) is 2.79. The van der Waals surface area contributed by atoms with Crippen molar-refractivity contribution in [3.05, 3.63) is 66.2 Å². The minimum Gasteiger partial charge on any atom is -0.507 e. The van der Waals surface area contributed by atoms with E-state index in [0.717, 1.165) is 5.69 Å². The largest absolute Gasteiger partial charge is 0.507 e. The highest BCUT2D eigenvalue weighted by atomic mass is 16.5. The van der Waals surface area contributed by atoms with E-state index in [0.29, 0.717) is 23.8 Å². The van der Waals surface area contributed by atoms with E-state index in [2.05, 4.69) is 37.6 Å². The third-order valence-electron chi connectivity index (χ3n) is 3.28. The molecule has 0 aliphatic rings. The molecule has 0 saturated heterocycles. The molecular weight excluding hydrogens is 274 g/mol. The van der Waals surface area contributed by atoms with Gasteiger partial charge in [0.1, 0.15) is 18.1 Å². The van der Waals surface area contributed by atoms with E-state index in [1.807, 2.05) is 12.1 Å². The number of rotatable bonds is 6. The van der Waals surface area contributed by atoms with Crippen LogP contribution in [0.5, 0.6) is 11.5 Å². The highest BCUT2D eigenvalue weighted by Crippen LogP contribution is 2.24. The van der Waals surface area contributed by atoms with Crippen molar-refractivity contribution in [2.45, 2.75) is 19.8 Å². The van der Waals surface area contributed by atoms with Gasteiger partial charge in [0.05, 0.1) is 5.69 Å². The Morgan fingerprint density at radius 3 is 2.50 bits per heavy atom.